The third kappa shape index (κ3) is 0.558. The SMILES string of the molecule is O=C1OC2(CCC2)OC1=O. The maximum atomic E-state index is 10.5. The summed E-state index contributed by atoms with van der Waals surface area (Å²) in [6.45, 7) is 0. The van der Waals surface area contributed by atoms with Gasteiger partial charge < -0.3 is 9.47 Å². The van der Waals surface area contributed by atoms with Crippen molar-refractivity contribution >= 4 is 11.9 Å². The molecule has 1 aliphatic heterocycles. The minimum absolute atomic E-state index is 0.657. The summed E-state index contributed by atoms with van der Waals surface area (Å²) in [5, 5.41) is 0. The lowest BCUT2D eigenvalue weighted by molar-refractivity contribution is -0.209. The Labute approximate surface area is 57.1 Å². The van der Waals surface area contributed by atoms with Crippen LogP contribution in [-0.2, 0) is 19.1 Å². The second kappa shape index (κ2) is 1.51. The van der Waals surface area contributed by atoms with Crippen molar-refractivity contribution in [3.8, 4) is 0 Å². The van der Waals surface area contributed by atoms with Crippen molar-refractivity contribution < 1.29 is 19.1 Å². The van der Waals surface area contributed by atoms with Crippen molar-refractivity contribution in [3.63, 3.8) is 0 Å². The van der Waals surface area contributed by atoms with E-state index in [1.807, 2.05) is 0 Å². The largest absolute Gasteiger partial charge is 0.420 e. The average molecular weight is 142 g/mol. The van der Waals surface area contributed by atoms with Crippen molar-refractivity contribution in [1.29, 1.82) is 0 Å². The Kier molecular flexibility index (Phi) is 0.859. The molecule has 0 aromatic rings. The van der Waals surface area contributed by atoms with Crippen LogP contribution in [-0.4, -0.2) is 17.7 Å². The number of esters is 2. The summed E-state index contributed by atoms with van der Waals surface area (Å²) in [4.78, 5) is 21.0. The van der Waals surface area contributed by atoms with E-state index in [-0.39, 0.29) is 0 Å². The molecule has 0 bridgehead atoms. The van der Waals surface area contributed by atoms with Gasteiger partial charge in [-0.05, 0) is 6.42 Å². The monoisotopic (exact) mass is 142 g/mol. The van der Waals surface area contributed by atoms with Gasteiger partial charge in [0.1, 0.15) is 0 Å². The molecule has 0 radical (unpaired) electrons. The summed E-state index contributed by atoms with van der Waals surface area (Å²) >= 11 is 0. The van der Waals surface area contributed by atoms with Crippen LogP contribution in [0.3, 0.4) is 0 Å². The molecule has 10 heavy (non-hydrogen) atoms. The minimum Gasteiger partial charge on any atom is -0.414 e. The van der Waals surface area contributed by atoms with Gasteiger partial charge in [-0.3, -0.25) is 0 Å². The van der Waals surface area contributed by atoms with Gasteiger partial charge in [0.2, 0.25) is 0 Å². The van der Waals surface area contributed by atoms with E-state index in [1.54, 1.807) is 0 Å². The van der Waals surface area contributed by atoms with E-state index in [4.69, 9.17) is 0 Å². The van der Waals surface area contributed by atoms with E-state index in [2.05, 4.69) is 9.47 Å². The first-order valence-corrected chi connectivity index (χ1v) is 3.18. The number of hydrogen-bond donors (Lipinski definition) is 0. The highest BCUT2D eigenvalue weighted by molar-refractivity contribution is 6.31. The molecule has 0 aromatic heterocycles. The van der Waals surface area contributed by atoms with Crippen molar-refractivity contribution in [2.75, 3.05) is 0 Å². The molecule has 2 aliphatic rings. The summed E-state index contributed by atoms with van der Waals surface area (Å²) < 4.78 is 9.37. The molecule has 0 aromatic carbocycles. The molecule has 1 saturated heterocycles. The van der Waals surface area contributed by atoms with Crippen molar-refractivity contribution in [2.45, 2.75) is 25.0 Å². The van der Waals surface area contributed by atoms with Gasteiger partial charge in [-0.15, -0.1) is 0 Å². The van der Waals surface area contributed by atoms with Crippen LogP contribution in [0.1, 0.15) is 19.3 Å². The van der Waals surface area contributed by atoms with Gasteiger partial charge in [-0.25, -0.2) is 9.59 Å². The first kappa shape index (κ1) is 5.70. The fourth-order valence-corrected chi connectivity index (χ4v) is 1.11. The molecule has 2 fully saturated rings. The lowest BCUT2D eigenvalue weighted by Gasteiger charge is -2.32. The fourth-order valence-electron chi connectivity index (χ4n) is 1.11. The highest BCUT2D eigenvalue weighted by atomic mass is 16.8. The van der Waals surface area contributed by atoms with Gasteiger partial charge >= 0.3 is 11.9 Å². The molecule has 2 rings (SSSR count). The second-order valence-electron chi connectivity index (χ2n) is 2.54. The molecule has 4 heteroatoms. The summed E-state index contributed by atoms with van der Waals surface area (Å²) in [5.41, 5.74) is 0. The van der Waals surface area contributed by atoms with E-state index in [1.165, 1.54) is 0 Å². The van der Waals surface area contributed by atoms with E-state index < -0.39 is 17.7 Å². The molecule has 1 spiro atoms. The predicted molar refractivity (Wildman–Crippen MR) is 28.8 cm³/mol. The third-order valence-corrected chi connectivity index (χ3v) is 1.84. The summed E-state index contributed by atoms with van der Waals surface area (Å²) in [6.07, 6.45) is 2.27. The van der Waals surface area contributed by atoms with Crippen LogP contribution >= 0.6 is 0 Å². The van der Waals surface area contributed by atoms with Gasteiger partial charge in [0.25, 0.3) is 5.79 Å². The topological polar surface area (TPSA) is 52.6 Å². The summed E-state index contributed by atoms with van der Waals surface area (Å²) in [5.74, 6) is -2.53. The molecule has 4 nitrogen and oxygen atoms in total. The Hall–Kier alpha value is -1.06. The van der Waals surface area contributed by atoms with E-state index >= 15 is 0 Å². The number of hydrogen-bond acceptors (Lipinski definition) is 4. The van der Waals surface area contributed by atoms with E-state index in [0.29, 0.717) is 12.8 Å². The predicted octanol–water partition coefficient (Wildman–Crippen LogP) is -0.0334. The first-order valence-electron chi connectivity index (χ1n) is 3.18. The Bertz CT molecular complexity index is 186. The van der Waals surface area contributed by atoms with Crippen molar-refractivity contribution in [3.05, 3.63) is 0 Å². The summed E-state index contributed by atoms with van der Waals surface area (Å²) in [6, 6.07) is 0. The van der Waals surface area contributed by atoms with Crippen LogP contribution in [0.15, 0.2) is 0 Å². The van der Waals surface area contributed by atoms with Crippen LogP contribution in [0.4, 0.5) is 0 Å². The van der Waals surface area contributed by atoms with Crippen LogP contribution in [0.5, 0.6) is 0 Å². The zero-order valence-electron chi connectivity index (χ0n) is 5.25. The standard InChI is InChI=1S/C6H6O4/c7-4-5(8)10-6(9-4)2-1-3-6/h1-3H2. The molecule has 1 saturated carbocycles. The van der Waals surface area contributed by atoms with Crippen molar-refractivity contribution in [2.24, 2.45) is 0 Å². The molecule has 0 amide bonds. The van der Waals surface area contributed by atoms with Gasteiger partial charge in [0.05, 0.1) is 0 Å². The molecule has 0 N–H and O–H groups in total. The summed E-state index contributed by atoms with van der Waals surface area (Å²) in [7, 11) is 0. The van der Waals surface area contributed by atoms with Gasteiger partial charge in [-0.2, -0.15) is 0 Å². The molecule has 0 unspecified atom stereocenters. The zero-order valence-corrected chi connectivity index (χ0v) is 5.25. The Morgan fingerprint density at radius 2 is 1.60 bits per heavy atom. The molecule has 0 atom stereocenters. The quantitative estimate of drug-likeness (QED) is 0.352. The van der Waals surface area contributed by atoms with Crippen LogP contribution in [0.2, 0.25) is 0 Å². The van der Waals surface area contributed by atoms with E-state index in [0.717, 1.165) is 6.42 Å². The number of carbonyl (C=O) groups excluding carboxylic acids is 2. The lowest BCUT2D eigenvalue weighted by Crippen LogP contribution is -2.38. The second-order valence-corrected chi connectivity index (χ2v) is 2.54. The number of rotatable bonds is 0. The zero-order chi connectivity index (χ0) is 7.19. The number of carbonyl (C=O) groups is 2. The molecular formula is C6H6O4. The van der Waals surface area contributed by atoms with Gasteiger partial charge in [0, 0.05) is 12.8 Å². The van der Waals surface area contributed by atoms with E-state index in [9.17, 15) is 9.59 Å². The van der Waals surface area contributed by atoms with Gasteiger partial charge in [-0.1, -0.05) is 0 Å². The highest BCUT2D eigenvalue weighted by Crippen LogP contribution is 2.40. The number of ether oxygens (including phenoxy) is 2. The molecule has 1 aliphatic carbocycles. The lowest BCUT2D eigenvalue weighted by atomic mass is 9.92. The Morgan fingerprint density at radius 1 is 1.10 bits per heavy atom. The normalized spacial score (nSPS) is 27.6. The van der Waals surface area contributed by atoms with Crippen LogP contribution in [0.25, 0.3) is 0 Å². The smallest absolute Gasteiger partial charge is 0.414 e. The average Bonchev–Trinajstić information content (AvgIpc) is 2.08. The minimum atomic E-state index is -0.847. The third-order valence-electron chi connectivity index (χ3n) is 1.84. The molecule has 54 valence electrons. The maximum Gasteiger partial charge on any atom is 0.420 e. The van der Waals surface area contributed by atoms with Crippen molar-refractivity contribution in [1.82, 2.24) is 0 Å². The highest BCUT2D eigenvalue weighted by Gasteiger charge is 2.52. The van der Waals surface area contributed by atoms with Crippen LogP contribution < -0.4 is 0 Å². The first-order chi connectivity index (χ1) is 4.72. The van der Waals surface area contributed by atoms with Crippen LogP contribution in [0, 0.1) is 0 Å². The Morgan fingerprint density at radius 3 is 1.80 bits per heavy atom. The van der Waals surface area contributed by atoms with Gasteiger partial charge in [0.15, 0.2) is 0 Å². The molecular weight excluding hydrogens is 136 g/mol. The maximum absolute atomic E-state index is 10.5. The molecule has 1 heterocycles. The Balaban J connectivity index is 2.17. The fraction of sp³-hybridized carbons (Fsp3) is 0.667.